The number of hydrogen-bond acceptors (Lipinski definition) is 8. The Morgan fingerprint density at radius 1 is 1.20 bits per heavy atom. The molecule has 0 bridgehead atoms. The van der Waals surface area contributed by atoms with Crippen LogP contribution in [0.4, 0.5) is 4.79 Å². The normalized spacial score (nSPS) is 23.3. The number of nitrogens with one attached hydrogen (secondary N) is 1. The van der Waals surface area contributed by atoms with Crippen LogP contribution in [0.2, 0.25) is 0 Å². The van der Waals surface area contributed by atoms with E-state index in [0.29, 0.717) is 30.1 Å². The molecule has 1 aliphatic carbocycles. The Morgan fingerprint density at radius 3 is 2.46 bits per heavy atom. The van der Waals surface area contributed by atoms with Gasteiger partial charge in [0.25, 0.3) is 11.8 Å². The van der Waals surface area contributed by atoms with Crippen LogP contribution in [0.1, 0.15) is 65.4 Å². The maximum Gasteiger partial charge on any atom is 0.327 e. The van der Waals surface area contributed by atoms with E-state index in [0.717, 1.165) is 17.7 Å². The molecule has 35 heavy (non-hydrogen) atoms. The zero-order chi connectivity index (χ0) is 25.4. The number of carbonyl (C=O) groups excluding carboxylic acids is 3. The monoisotopic (exact) mass is 484 g/mol. The van der Waals surface area contributed by atoms with Crippen molar-refractivity contribution in [3.05, 3.63) is 30.2 Å². The van der Waals surface area contributed by atoms with Gasteiger partial charge in [-0.05, 0) is 68.2 Å². The lowest BCUT2D eigenvalue weighted by molar-refractivity contribution is -0.153. The van der Waals surface area contributed by atoms with Gasteiger partial charge < -0.3 is 19.2 Å². The number of methoxy groups -OCH3 is 1. The highest BCUT2D eigenvalue weighted by Crippen LogP contribution is 2.43. The van der Waals surface area contributed by atoms with Gasteiger partial charge in [0.2, 0.25) is 5.89 Å². The first-order valence-corrected chi connectivity index (χ1v) is 11.8. The van der Waals surface area contributed by atoms with Gasteiger partial charge in [-0.1, -0.05) is 20.8 Å². The van der Waals surface area contributed by atoms with Gasteiger partial charge in [0.05, 0.1) is 7.11 Å². The van der Waals surface area contributed by atoms with Gasteiger partial charge in [0, 0.05) is 5.56 Å². The lowest BCUT2D eigenvalue weighted by atomic mass is 9.67. The molecule has 1 N–H and O–H groups in total. The molecule has 0 radical (unpaired) electrons. The van der Waals surface area contributed by atoms with Crippen LogP contribution >= 0.6 is 0 Å². The van der Waals surface area contributed by atoms with Gasteiger partial charge in [0.15, 0.2) is 6.10 Å². The molecule has 1 saturated carbocycles. The fourth-order valence-electron chi connectivity index (χ4n) is 4.80. The summed E-state index contributed by atoms with van der Waals surface area (Å²) in [6, 6.07) is 6.52. The quantitative estimate of drug-likeness (QED) is 0.484. The fourth-order valence-corrected chi connectivity index (χ4v) is 4.80. The maximum absolute atomic E-state index is 13.1. The van der Waals surface area contributed by atoms with Crippen molar-refractivity contribution in [2.45, 2.75) is 65.0 Å². The summed E-state index contributed by atoms with van der Waals surface area (Å²) in [6.07, 6.45) is 1.98. The zero-order valence-electron chi connectivity index (χ0n) is 20.8. The molecule has 1 atom stereocenters. The third kappa shape index (κ3) is 5.01. The minimum Gasteiger partial charge on any atom is -0.497 e. The second kappa shape index (κ2) is 9.31. The van der Waals surface area contributed by atoms with E-state index < -0.39 is 30.2 Å². The van der Waals surface area contributed by atoms with Crippen LogP contribution < -0.4 is 10.1 Å². The SMILES string of the molecule is COc1ccc(-c2nnc(C(C)OC(=O)CN3C(=O)NC4(CCC(C(C)(C)C)CC4)C3=O)o2)cc1. The molecule has 1 spiro atoms. The smallest absolute Gasteiger partial charge is 0.327 e. The van der Waals surface area contributed by atoms with E-state index in [1.807, 2.05) is 0 Å². The standard InChI is InChI=1S/C25H32N4O6/c1-15(20-27-28-21(35-20)16-6-8-18(33-5)9-7-16)34-19(30)14-29-22(31)25(26-23(29)32)12-10-17(11-13-25)24(2,3)4/h6-9,15,17H,10-14H2,1-5H3,(H,26,32). The highest BCUT2D eigenvalue weighted by Gasteiger charge is 2.53. The molecule has 2 heterocycles. The summed E-state index contributed by atoms with van der Waals surface area (Å²) in [5.74, 6) is 0.464. The van der Waals surface area contributed by atoms with Crippen molar-refractivity contribution >= 4 is 17.9 Å². The van der Waals surface area contributed by atoms with Crippen molar-refractivity contribution in [1.29, 1.82) is 0 Å². The van der Waals surface area contributed by atoms with E-state index in [4.69, 9.17) is 13.9 Å². The molecule has 1 saturated heterocycles. The number of benzene rings is 1. The molecule has 1 aromatic heterocycles. The maximum atomic E-state index is 13.1. The molecule has 3 amide bonds. The van der Waals surface area contributed by atoms with E-state index in [2.05, 4.69) is 36.3 Å². The first kappa shape index (κ1) is 24.7. The highest BCUT2D eigenvalue weighted by atomic mass is 16.6. The predicted octanol–water partition coefficient (Wildman–Crippen LogP) is 3.88. The molecule has 1 unspecified atom stereocenters. The Balaban J connectivity index is 1.35. The lowest BCUT2D eigenvalue weighted by Crippen LogP contribution is -2.50. The van der Waals surface area contributed by atoms with E-state index in [-0.39, 0.29) is 23.1 Å². The molecule has 188 valence electrons. The summed E-state index contributed by atoms with van der Waals surface area (Å²) in [5, 5.41) is 10.8. The minimum absolute atomic E-state index is 0.110. The van der Waals surface area contributed by atoms with Crippen LogP contribution in [0.15, 0.2) is 28.7 Å². The van der Waals surface area contributed by atoms with Crippen molar-refractivity contribution in [1.82, 2.24) is 20.4 Å². The predicted molar refractivity (Wildman–Crippen MR) is 125 cm³/mol. The highest BCUT2D eigenvalue weighted by molar-refractivity contribution is 6.08. The molecule has 4 rings (SSSR count). The molecular formula is C25H32N4O6. The van der Waals surface area contributed by atoms with Crippen molar-refractivity contribution in [3.8, 4) is 17.2 Å². The Kier molecular flexibility index (Phi) is 6.57. The number of rotatable bonds is 6. The van der Waals surface area contributed by atoms with Crippen molar-refractivity contribution < 1.29 is 28.3 Å². The number of aromatic nitrogens is 2. The van der Waals surface area contributed by atoms with Crippen LogP contribution in [-0.4, -0.2) is 52.2 Å². The Morgan fingerprint density at radius 2 is 1.86 bits per heavy atom. The van der Waals surface area contributed by atoms with Crippen LogP contribution in [0.25, 0.3) is 11.5 Å². The van der Waals surface area contributed by atoms with E-state index >= 15 is 0 Å². The minimum atomic E-state index is -0.926. The summed E-state index contributed by atoms with van der Waals surface area (Å²) in [4.78, 5) is 39.2. The molecule has 2 aromatic rings. The number of ether oxygens (including phenoxy) is 2. The van der Waals surface area contributed by atoms with E-state index in [1.54, 1.807) is 38.3 Å². The number of urea groups is 1. The van der Waals surface area contributed by atoms with Crippen molar-refractivity contribution in [3.63, 3.8) is 0 Å². The van der Waals surface area contributed by atoms with Crippen molar-refractivity contribution in [2.75, 3.05) is 13.7 Å². The number of esters is 1. The second-order valence-electron chi connectivity index (χ2n) is 10.3. The Hall–Kier alpha value is -3.43. The first-order valence-electron chi connectivity index (χ1n) is 11.8. The fraction of sp³-hybridized carbons (Fsp3) is 0.560. The topological polar surface area (TPSA) is 124 Å². The van der Waals surface area contributed by atoms with Crippen LogP contribution in [0.5, 0.6) is 5.75 Å². The number of amides is 3. The van der Waals surface area contributed by atoms with Crippen LogP contribution in [0, 0.1) is 11.3 Å². The molecule has 10 nitrogen and oxygen atoms in total. The van der Waals surface area contributed by atoms with E-state index in [9.17, 15) is 14.4 Å². The molecular weight excluding hydrogens is 452 g/mol. The second-order valence-corrected chi connectivity index (χ2v) is 10.3. The summed E-state index contributed by atoms with van der Waals surface area (Å²) < 4.78 is 16.2. The third-order valence-corrected chi connectivity index (χ3v) is 7.03. The van der Waals surface area contributed by atoms with Gasteiger partial charge >= 0.3 is 12.0 Å². The lowest BCUT2D eigenvalue weighted by Gasteiger charge is -2.40. The van der Waals surface area contributed by atoms with Gasteiger partial charge in [-0.3, -0.25) is 14.5 Å². The zero-order valence-corrected chi connectivity index (χ0v) is 20.8. The molecule has 1 aliphatic heterocycles. The Bertz CT molecular complexity index is 1100. The largest absolute Gasteiger partial charge is 0.497 e. The first-order chi connectivity index (χ1) is 16.5. The van der Waals surface area contributed by atoms with Gasteiger partial charge in [-0.25, -0.2) is 4.79 Å². The average molecular weight is 485 g/mol. The molecule has 10 heteroatoms. The van der Waals surface area contributed by atoms with E-state index in [1.165, 1.54) is 0 Å². The summed E-state index contributed by atoms with van der Waals surface area (Å²) in [6.45, 7) is 7.69. The van der Waals surface area contributed by atoms with Crippen molar-refractivity contribution in [2.24, 2.45) is 11.3 Å². The van der Waals surface area contributed by atoms with Crippen LogP contribution in [-0.2, 0) is 14.3 Å². The number of carbonyl (C=O) groups is 3. The van der Waals surface area contributed by atoms with Crippen LogP contribution in [0.3, 0.4) is 0 Å². The van der Waals surface area contributed by atoms with Gasteiger partial charge in [-0.2, -0.15) is 0 Å². The average Bonchev–Trinajstić information content (AvgIpc) is 3.39. The summed E-state index contributed by atoms with van der Waals surface area (Å²) in [5.41, 5.74) is -0.0896. The summed E-state index contributed by atoms with van der Waals surface area (Å²) >= 11 is 0. The third-order valence-electron chi connectivity index (χ3n) is 7.03. The number of imide groups is 1. The number of hydrogen-bond donors (Lipinski definition) is 1. The Labute approximate surface area is 204 Å². The molecule has 2 fully saturated rings. The summed E-state index contributed by atoms with van der Waals surface area (Å²) in [7, 11) is 1.58. The van der Waals surface area contributed by atoms with Gasteiger partial charge in [-0.15, -0.1) is 10.2 Å². The molecule has 1 aromatic carbocycles. The molecule has 2 aliphatic rings. The number of nitrogens with zero attached hydrogens (tertiary/aromatic N) is 3. The van der Waals surface area contributed by atoms with Gasteiger partial charge in [0.1, 0.15) is 17.8 Å².